The van der Waals surface area contributed by atoms with Gasteiger partial charge in [-0.15, -0.1) is 0 Å². The molecule has 210 valence electrons. The van der Waals surface area contributed by atoms with E-state index < -0.39 is 35.8 Å². The number of carboxylic acids is 6. The van der Waals surface area contributed by atoms with Crippen LogP contribution in [0.15, 0.2) is 0 Å². The predicted molar refractivity (Wildman–Crippen MR) is 124 cm³/mol. The quantitative estimate of drug-likeness (QED) is 0.111. The zero-order valence-corrected chi connectivity index (χ0v) is 24.1. The summed E-state index contributed by atoms with van der Waals surface area (Å²) in [5.41, 5.74) is 0. The summed E-state index contributed by atoms with van der Waals surface area (Å²) >= 11 is 0. The maximum atomic E-state index is 10.0. The molecule has 0 heterocycles. The summed E-state index contributed by atoms with van der Waals surface area (Å²) in [6, 6.07) is 0. The van der Waals surface area contributed by atoms with Crippen LogP contribution in [0.25, 0.3) is 0 Å². The molecule has 0 saturated carbocycles. The van der Waals surface area contributed by atoms with Gasteiger partial charge in [-0.05, 0) is 64.2 Å². The first-order chi connectivity index (χ1) is 16.9. The Balaban J connectivity index is -0.000000218. The first-order valence-electron chi connectivity index (χ1n) is 12.1. The van der Waals surface area contributed by atoms with Crippen LogP contribution in [0.3, 0.4) is 0 Å². The van der Waals surface area contributed by atoms with Crippen molar-refractivity contribution in [3.8, 4) is 0 Å². The van der Waals surface area contributed by atoms with E-state index in [0.717, 1.165) is 38.5 Å². The van der Waals surface area contributed by atoms with E-state index in [-0.39, 0.29) is 62.4 Å². The van der Waals surface area contributed by atoms with Crippen LogP contribution in [0.2, 0.25) is 0 Å². The second kappa shape index (κ2) is 31.6. The van der Waals surface area contributed by atoms with Crippen molar-refractivity contribution in [2.24, 2.45) is 0 Å². The van der Waals surface area contributed by atoms with Crippen molar-refractivity contribution >= 4 is 59.7 Å². The first-order valence-corrected chi connectivity index (χ1v) is 12.1. The van der Waals surface area contributed by atoms with Crippen molar-refractivity contribution in [3.05, 3.63) is 0 Å². The molecule has 0 amide bonds. The van der Waals surface area contributed by atoms with Crippen LogP contribution in [0.5, 0.6) is 0 Å². The molecule has 0 rings (SSSR count). The van der Waals surface area contributed by atoms with E-state index in [4.69, 9.17) is 10.2 Å². The van der Waals surface area contributed by atoms with Gasteiger partial charge < -0.3 is 49.8 Å². The van der Waals surface area contributed by atoms with Crippen molar-refractivity contribution in [2.75, 3.05) is 0 Å². The molecule has 0 saturated heterocycles. The summed E-state index contributed by atoms with van der Waals surface area (Å²) < 4.78 is 0. The zero-order chi connectivity index (χ0) is 28.2. The number of unbranched alkanes of at least 4 members (excludes halogenated alkanes) is 9. The number of hydrogen-bond acceptors (Lipinski definition) is 10. The van der Waals surface area contributed by atoms with E-state index in [1.165, 1.54) is 0 Å². The molecule has 0 atom stereocenters. The third kappa shape index (κ3) is 55.5. The molecule has 13 heteroatoms. The van der Waals surface area contributed by atoms with Gasteiger partial charge in [-0.25, -0.2) is 0 Å². The molecule has 0 aliphatic heterocycles. The molecular formula is C24H38O12Sn. The van der Waals surface area contributed by atoms with Crippen molar-refractivity contribution in [1.82, 2.24) is 0 Å². The number of aliphatic carboxylic acids is 6. The molecular weight excluding hydrogens is 599 g/mol. The van der Waals surface area contributed by atoms with Crippen molar-refractivity contribution in [3.63, 3.8) is 0 Å². The molecule has 0 unspecified atom stereocenters. The number of carbonyl (C=O) groups excluding carboxylic acids is 4. The third-order valence-electron chi connectivity index (χ3n) is 4.55. The topological polar surface area (TPSA) is 235 Å². The maximum Gasteiger partial charge on any atom is 4.00 e. The molecule has 0 aromatic heterocycles. The van der Waals surface area contributed by atoms with E-state index in [9.17, 15) is 49.2 Å². The van der Waals surface area contributed by atoms with Crippen LogP contribution >= 0.6 is 0 Å². The van der Waals surface area contributed by atoms with Crippen LogP contribution in [0, 0.1) is 0 Å². The molecule has 0 aromatic carbocycles. The van der Waals surface area contributed by atoms with Crippen LogP contribution in [-0.4, -0.2) is 69.9 Å². The molecule has 12 nitrogen and oxygen atoms in total. The Morgan fingerprint density at radius 3 is 0.649 bits per heavy atom. The number of hydrogen-bond donors (Lipinski definition) is 2. The van der Waals surface area contributed by atoms with Gasteiger partial charge in [-0.3, -0.25) is 9.59 Å². The minimum atomic E-state index is -1.05. The van der Waals surface area contributed by atoms with Crippen LogP contribution in [0.1, 0.15) is 116 Å². The standard InChI is InChI=1S/3C8H14O4.Sn/c3*9-7(10)5-3-1-2-4-6-8(11)12;/h3*1-6H2,(H,9,10)(H,11,12);/q;;;+4/p-4. The van der Waals surface area contributed by atoms with Crippen molar-refractivity contribution in [2.45, 2.75) is 116 Å². The van der Waals surface area contributed by atoms with Crippen LogP contribution < -0.4 is 20.4 Å². The molecule has 0 bridgehead atoms. The predicted octanol–water partition coefficient (Wildman–Crippen LogP) is -1.23. The number of carbonyl (C=O) groups is 6. The van der Waals surface area contributed by atoms with Crippen molar-refractivity contribution in [1.29, 1.82) is 0 Å². The SMILES string of the molecule is O=C(O)CCCCCCC(=O)O.O=C([O-])CCCCCCC(=O)[O-].O=C([O-])CCCCCCC(=O)[O-].[Sn+4]. The van der Waals surface area contributed by atoms with Crippen molar-refractivity contribution < 1.29 is 59.4 Å². The van der Waals surface area contributed by atoms with Gasteiger partial charge in [0, 0.05) is 36.7 Å². The van der Waals surface area contributed by atoms with Gasteiger partial charge in [0.2, 0.25) is 0 Å². The second-order valence-electron chi connectivity index (χ2n) is 8.02. The zero-order valence-electron chi connectivity index (χ0n) is 21.2. The Hall–Kier alpha value is -2.38. The molecule has 0 aliphatic rings. The molecule has 0 aromatic rings. The van der Waals surface area contributed by atoms with Crippen LogP contribution in [0.4, 0.5) is 0 Å². The maximum absolute atomic E-state index is 10.0. The average Bonchev–Trinajstić information content (AvgIpc) is 2.75. The van der Waals surface area contributed by atoms with Gasteiger partial charge in [-0.1, -0.05) is 38.5 Å². The van der Waals surface area contributed by atoms with E-state index in [0.29, 0.717) is 38.5 Å². The fourth-order valence-corrected chi connectivity index (χ4v) is 2.69. The third-order valence-corrected chi connectivity index (χ3v) is 4.55. The molecule has 2 N–H and O–H groups in total. The number of carboxylic acid groups (broad SMARTS) is 6. The fraction of sp³-hybridized carbons (Fsp3) is 0.750. The summed E-state index contributed by atoms with van der Waals surface area (Å²) in [6.07, 6.45) is 8.73. The molecule has 37 heavy (non-hydrogen) atoms. The Labute approximate surface area is 234 Å². The summed E-state index contributed by atoms with van der Waals surface area (Å²) in [7, 11) is 0. The minimum absolute atomic E-state index is 0. The van der Waals surface area contributed by atoms with Gasteiger partial charge >= 0.3 is 35.8 Å². The summed E-state index contributed by atoms with van der Waals surface area (Å²) in [5, 5.41) is 56.2. The molecule has 0 radical (unpaired) electrons. The Morgan fingerprint density at radius 2 is 0.514 bits per heavy atom. The monoisotopic (exact) mass is 638 g/mol. The first kappa shape index (κ1) is 41.7. The summed E-state index contributed by atoms with van der Waals surface area (Å²) in [4.78, 5) is 59.8. The van der Waals surface area contributed by atoms with E-state index in [1.807, 2.05) is 0 Å². The van der Waals surface area contributed by atoms with Gasteiger partial charge in [0.25, 0.3) is 0 Å². The summed E-state index contributed by atoms with van der Waals surface area (Å²) in [5.74, 6) is -5.75. The molecule has 0 fully saturated rings. The molecule has 0 spiro atoms. The Bertz CT molecular complexity index is 498. The second-order valence-corrected chi connectivity index (χ2v) is 8.02. The van der Waals surface area contributed by atoms with E-state index in [1.54, 1.807) is 0 Å². The largest absolute Gasteiger partial charge is 4.00 e. The number of rotatable bonds is 21. The van der Waals surface area contributed by atoms with Gasteiger partial charge in [0.1, 0.15) is 0 Å². The minimum Gasteiger partial charge on any atom is -0.550 e. The van der Waals surface area contributed by atoms with E-state index >= 15 is 0 Å². The summed E-state index contributed by atoms with van der Waals surface area (Å²) in [6.45, 7) is 0. The van der Waals surface area contributed by atoms with Gasteiger partial charge in [-0.2, -0.15) is 0 Å². The van der Waals surface area contributed by atoms with Gasteiger partial charge in [0.15, 0.2) is 0 Å². The Kier molecular flexibility index (Phi) is 35.7. The smallest absolute Gasteiger partial charge is 0.550 e. The van der Waals surface area contributed by atoms with Gasteiger partial charge in [0.05, 0.1) is 0 Å². The van der Waals surface area contributed by atoms with Crippen LogP contribution in [-0.2, 0) is 28.8 Å². The fourth-order valence-electron chi connectivity index (χ4n) is 2.69. The van der Waals surface area contributed by atoms with E-state index in [2.05, 4.69) is 0 Å². The normalized spacial score (nSPS) is 9.41. The Morgan fingerprint density at radius 1 is 0.351 bits per heavy atom. The molecule has 0 aliphatic carbocycles. The average molecular weight is 637 g/mol.